The Morgan fingerprint density at radius 3 is 2.79 bits per heavy atom. The molecule has 0 aromatic rings. The van der Waals surface area contributed by atoms with Crippen molar-refractivity contribution in [2.75, 3.05) is 26.7 Å². The molecule has 3 heteroatoms. The maximum absolute atomic E-state index is 5.31. The van der Waals surface area contributed by atoms with E-state index in [4.69, 9.17) is 4.74 Å². The van der Waals surface area contributed by atoms with Crippen LogP contribution in [0.5, 0.6) is 0 Å². The molecule has 2 unspecified atom stereocenters. The van der Waals surface area contributed by atoms with Crippen molar-refractivity contribution in [2.45, 2.75) is 45.4 Å². The van der Waals surface area contributed by atoms with Gasteiger partial charge in [0.25, 0.3) is 0 Å². The summed E-state index contributed by atoms with van der Waals surface area (Å²) in [5.74, 6) is 0. The zero-order valence-electron chi connectivity index (χ0n) is 10.1. The van der Waals surface area contributed by atoms with Crippen molar-refractivity contribution in [1.29, 1.82) is 0 Å². The highest BCUT2D eigenvalue weighted by atomic mass is 16.5. The van der Waals surface area contributed by atoms with Crippen LogP contribution in [-0.2, 0) is 4.74 Å². The molecule has 14 heavy (non-hydrogen) atoms. The topological polar surface area (TPSA) is 24.5 Å². The molecule has 0 aromatic heterocycles. The number of ether oxygens (including phenoxy) is 1. The standard InChI is InChI=1S/C11H24N2O/c1-9-6-12-11(3,4)8-13(9)7-10(2)14-5/h9-10,12H,6-8H2,1-5H3. The zero-order chi connectivity index (χ0) is 10.8. The number of methoxy groups -OCH3 is 1. The van der Waals surface area contributed by atoms with Crippen molar-refractivity contribution in [3.8, 4) is 0 Å². The highest BCUT2D eigenvalue weighted by molar-refractivity contribution is 4.90. The lowest BCUT2D eigenvalue weighted by atomic mass is 9.99. The SMILES string of the molecule is COC(C)CN1CC(C)(C)NCC1C. The van der Waals surface area contributed by atoms with Gasteiger partial charge in [-0.25, -0.2) is 0 Å². The first-order chi connectivity index (χ1) is 6.44. The lowest BCUT2D eigenvalue weighted by Gasteiger charge is -2.44. The molecule has 0 aliphatic carbocycles. The maximum atomic E-state index is 5.31. The maximum Gasteiger partial charge on any atom is 0.0670 e. The van der Waals surface area contributed by atoms with E-state index in [0.29, 0.717) is 12.1 Å². The molecular weight excluding hydrogens is 176 g/mol. The summed E-state index contributed by atoms with van der Waals surface area (Å²) in [6.07, 6.45) is 0.325. The summed E-state index contributed by atoms with van der Waals surface area (Å²) >= 11 is 0. The minimum absolute atomic E-state index is 0.236. The van der Waals surface area contributed by atoms with Crippen molar-refractivity contribution >= 4 is 0 Å². The van der Waals surface area contributed by atoms with E-state index >= 15 is 0 Å². The minimum Gasteiger partial charge on any atom is -0.380 e. The Morgan fingerprint density at radius 1 is 1.57 bits per heavy atom. The number of hydrogen-bond donors (Lipinski definition) is 1. The van der Waals surface area contributed by atoms with Crippen LogP contribution < -0.4 is 5.32 Å². The van der Waals surface area contributed by atoms with E-state index in [0.717, 1.165) is 19.6 Å². The van der Waals surface area contributed by atoms with Crippen molar-refractivity contribution in [3.05, 3.63) is 0 Å². The molecule has 84 valence electrons. The molecule has 1 rings (SSSR count). The lowest BCUT2D eigenvalue weighted by Crippen LogP contribution is -2.61. The van der Waals surface area contributed by atoms with Crippen molar-refractivity contribution in [3.63, 3.8) is 0 Å². The summed E-state index contributed by atoms with van der Waals surface area (Å²) in [6, 6.07) is 0.612. The zero-order valence-corrected chi connectivity index (χ0v) is 10.1. The van der Waals surface area contributed by atoms with Gasteiger partial charge in [-0.05, 0) is 27.7 Å². The van der Waals surface area contributed by atoms with Gasteiger partial charge in [0.05, 0.1) is 6.10 Å². The van der Waals surface area contributed by atoms with Crippen LogP contribution in [0.25, 0.3) is 0 Å². The first kappa shape index (κ1) is 12.0. The van der Waals surface area contributed by atoms with Gasteiger partial charge in [-0.15, -0.1) is 0 Å². The van der Waals surface area contributed by atoms with Gasteiger partial charge in [-0.3, -0.25) is 4.90 Å². The van der Waals surface area contributed by atoms with E-state index in [1.807, 2.05) is 0 Å². The van der Waals surface area contributed by atoms with E-state index in [2.05, 4.69) is 37.9 Å². The molecule has 0 spiro atoms. The highest BCUT2D eigenvalue weighted by Crippen LogP contribution is 2.15. The summed E-state index contributed by atoms with van der Waals surface area (Å²) in [4.78, 5) is 2.50. The fourth-order valence-electron chi connectivity index (χ4n) is 1.92. The summed E-state index contributed by atoms with van der Waals surface area (Å²) in [7, 11) is 1.78. The summed E-state index contributed by atoms with van der Waals surface area (Å²) < 4.78 is 5.31. The number of rotatable bonds is 3. The third-order valence-corrected chi connectivity index (χ3v) is 2.99. The highest BCUT2D eigenvalue weighted by Gasteiger charge is 2.30. The molecule has 1 saturated heterocycles. The first-order valence-electron chi connectivity index (χ1n) is 5.46. The smallest absolute Gasteiger partial charge is 0.0670 e. The van der Waals surface area contributed by atoms with Gasteiger partial charge in [-0.2, -0.15) is 0 Å². The van der Waals surface area contributed by atoms with E-state index < -0.39 is 0 Å². The number of nitrogens with one attached hydrogen (secondary N) is 1. The Morgan fingerprint density at radius 2 is 2.21 bits per heavy atom. The fourth-order valence-corrected chi connectivity index (χ4v) is 1.92. The predicted octanol–water partition coefficient (Wildman–Crippen LogP) is 1.09. The predicted molar refractivity (Wildman–Crippen MR) is 59.6 cm³/mol. The average molecular weight is 200 g/mol. The third-order valence-electron chi connectivity index (χ3n) is 2.99. The molecule has 1 fully saturated rings. The van der Waals surface area contributed by atoms with Crippen LogP contribution in [0.4, 0.5) is 0 Å². The van der Waals surface area contributed by atoms with E-state index in [-0.39, 0.29) is 5.54 Å². The molecule has 0 aromatic carbocycles. The van der Waals surface area contributed by atoms with Gasteiger partial charge in [0.2, 0.25) is 0 Å². The molecule has 0 amide bonds. The van der Waals surface area contributed by atoms with E-state index in [1.54, 1.807) is 7.11 Å². The average Bonchev–Trinajstić information content (AvgIpc) is 2.11. The van der Waals surface area contributed by atoms with Gasteiger partial charge >= 0.3 is 0 Å². The number of hydrogen-bond acceptors (Lipinski definition) is 3. The van der Waals surface area contributed by atoms with E-state index in [1.165, 1.54) is 0 Å². The van der Waals surface area contributed by atoms with Crippen LogP contribution in [-0.4, -0.2) is 49.3 Å². The second-order valence-electron chi connectivity index (χ2n) is 5.09. The Bertz CT molecular complexity index is 182. The molecule has 0 radical (unpaired) electrons. The van der Waals surface area contributed by atoms with Crippen LogP contribution >= 0.6 is 0 Å². The monoisotopic (exact) mass is 200 g/mol. The van der Waals surface area contributed by atoms with Crippen LogP contribution in [0.1, 0.15) is 27.7 Å². The van der Waals surface area contributed by atoms with Gasteiger partial charge in [0.15, 0.2) is 0 Å². The molecule has 1 heterocycles. The van der Waals surface area contributed by atoms with Crippen LogP contribution in [0.3, 0.4) is 0 Å². The summed E-state index contributed by atoms with van der Waals surface area (Å²) in [5, 5.41) is 3.55. The Kier molecular flexibility index (Phi) is 3.93. The second kappa shape index (κ2) is 4.60. The van der Waals surface area contributed by atoms with Gasteiger partial charge in [0.1, 0.15) is 0 Å². The van der Waals surface area contributed by atoms with E-state index in [9.17, 15) is 0 Å². The molecule has 2 atom stereocenters. The largest absolute Gasteiger partial charge is 0.380 e. The number of piperazine rings is 1. The van der Waals surface area contributed by atoms with Gasteiger partial charge < -0.3 is 10.1 Å². The third kappa shape index (κ3) is 3.23. The Labute approximate surface area is 87.8 Å². The fraction of sp³-hybridized carbons (Fsp3) is 1.00. The van der Waals surface area contributed by atoms with Crippen molar-refractivity contribution in [2.24, 2.45) is 0 Å². The van der Waals surface area contributed by atoms with Crippen molar-refractivity contribution < 1.29 is 4.74 Å². The van der Waals surface area contributed by atoms with Crippen LogP contribution in [0.2, 0.25) is 0 Å². The second-order valence-corrected chi connectivity index (χ2v) is 5.09. The molecular formula is C11H24N2O. The molecule has 0 saturated carbocycles. The summed E-state index contributed by atoms with van der Waals surface area (Å²) in [6.45, 7) is 12.1. The van der Waals surface area contributed by atoms with Gasteiger partial charge in [-0.1, -0.05) is 0 Å². The Balaban J connectivity index is 2.48. The normalized spacial score (nSPS) is 30.2. The quantitative estimate of drug-likeness (QED) is 0.738. The molecule has 1 aliphatic heterocycles. The lowest BCUT2D eigenvalue weighted by molar-refractivity contribution is 0.0326. The molecule has 1 aliphatic rings. The van der Waals surface area contributed by atoms with Crippen molar-refractivity contribution in [1.82, 2.24) is 10.2 Å². The molecule has 0 bridgehead atoms. The Hall–Kier alpha value is -0.120. The first-order valence-corrected chi connectivity index (χ1v) is 5.46. The molecule has 1 N–H and O–H groups in total. The minimum atomic E-state index is 0.236. The summed E-state index contributed by atoms with van der Waals surface area (Å²) in [5.41, 5.74) is 0.236. The van der Waals surface area contributed by atoms with Gasteiger partial charge in [0, 0.05) is 38.3 Å². The molecule has 3 nitrogen and oxygen atoms in total. The number of nitrogens with zero attached hydrogens (tertiary/aromatic N) is 1. The van der Waals surface area contributed by atoms with Crippen LogP contribution in [0.15, 0.2) is 0 Å². The van der Waals surface area contributed by atoms with Crippen LogP contribution in [0, 0.1) is 0 Å².